The van der Waals surface area contributed by atoms with Gasteiger partial charge in [0.15, 0.2) is 0 Å². The molecule has 4 nitrogen and oxygen atoms in total. The van der Waals surface area contributed by atoms with Gasteiger partial charge in [0, 0.05) is 17.8 Å². The Hall–Kier alpha value is -2.33. The Balaban J connectivity index is 1.69. The van der Waals surface area contributed by atoms with E-state index in [0.29, 0.717) is 12.1 Å². The largest absolute Gasteiger partial charge is 0.392 e. The molecule has 1 unspecified atom stereocenters. The highest BCUT2D eigenvalue weighted by atomic mass is 16.3. The first-order valence-electron chi connectivity index (χ1n) is 6.61. The van der Waals surface area contributed by atoms with E-state index in [1.165, 1.54) is 0 Å². The number of fused-ring (bicyclic) bond motifs is 1. The summed E-state index contributed by atoms with van der Waals surface area (Å²) in [6.07, 6.45) is 0.696. The number of carbonyl (C=O) groups excluding carboxylic acids is 1. The predicted octanol–water partition coefficient (Wildman–Crippen LogP) is 2.15. The zero-order valence-corrected chi connectivity index (χ0v) is 11.0. The van der Waals surface area contributed by atoms with Gasteiger partial charge in [-0.25, -0.2) is 0 Å². The normalized spacial score (nSPS) is 16.4. The van der Waals surface area contributed by atoms with Gasteiger partial charge in [-0.2, -0.15) is 0 Å². The fraction of sp³-hybridized carbons (Fsp3) is 0.188. The highest BCUT2D eigenvalue weighted by molar-refractivity contribution is 5.98. The van der Waals surface area contributed by atoms with E-state index in [0.717, 1.165) is 16.8 Å². The third-order valence-corrected chi connectivity index (χ3v) is 3.46. The molecular weight excluding hydrogens is 252 g/mol. The van der Waals surface area contributed by atoms with Gasteiger partial charge in [0.2, 0.25) is 5.91 Å². The first-order chi connectivity index (χ1) is 9.76. The Morgan fingerprint density at radius 2 is 2.10 bits per heavy atom. The molecule has 0 bridgehead atoms. The summed E-state index contributed by atoms with van der Waals surface area (Å²) in [7, 11) is 0. The number of hydrogen-bond acceptors (Lipinski definition) is 3. The van der Waals surface area contributed by atoms with Gasteiger partial charge >= 0.3 is 0 Å². The van der Waals surface area contributed by atoms with Crippen molar-refractivity contribution in [2.75, 3.05) is 10.6 Å². The second-order valence-electron chi connectivity index (χ2n) is 4.91. The minimum absolute atomic E-state index is 0.0309. The number of hydrogen-bond donors (Lipinski definition) is 3. The van der Waals surface area contributed by atoms with Crippen molar-refractivity contribution in [3.8, 4) is 0 Å². The number of aliphatic hydroxyl groups excluding tert-OH is 1. The standard InChI is InChI=1S/C16H16N2O2/c19-10-11-4-3-6-13(8-11)17-16(20)15-9-12-5-1-2-7-14(12)18-15/h1-8,15,18-19H,9-10H2,(H,17,20). The molecule has 1 aliphatic heterocycles. The minimum atomic E-state index is -0.245. The molecule has 0 saturated carbocycles. The van der Waals surface area contributed by atoms with E-state index in [-0.39, 0.29) is 18.6 Å². The van der Waals surface area contributed by atoms with Gasteiger partial charge in [0.1, 0.15) is 6.04 Å². The monoisotopic (exact) mass is 268 g/mol. The second kappa shape index (κ2) is 5.35. The topological polar surface area (TPSA) is 61.4 Å². The van der Waals surface area contributed by atoms with Crippen LogP contribution >= 0.6 is 0 Å². The summed E-state index contributed by atoms with van der Waals surface area (Å²) < 4.78 is 0. The molecule has 2 aromatic carbocycles. The summed E-state index contributed by atoms with van der Waals surface area (Å²) in [5.41, 5.74) is 3.68. The molecule has 3 N–H and O–H groups in total. The maximum atomic E-state index is 12.2. The van der Waals surface area contributed by atoms with Crippen LogP contribution in [0.25, 0.3) is 0 Å². The predicted molar refractivity (Wildman–Crippen MR) is 78.6 cm³/mol. The second-order valence-corrected chi connectivity index (χ2v) is 4.91. The Morgan fingerprint density at radius 3 is 2.90 bits per heavy atom. The average molecular weight is 268 g/mol. The molecular formula is C16H16N2O2. The van der Waals surface area contributed by atoms with Crippen LogP contribution < -0.4 is 10.6 Å². The molecule has 1 atom stereocenters. The minimum Gasteiger partial charge on any atom is -0.392 e. The average Bonchev–Trinajstić information content (AvgIpc) is 2.91. The van der Waals surface area contributed by atoms with E-state index in [2.05, 4.69) is 10.6 Å². The Labute approximate surface area is 117 Å². The number of benzene rings is 2. The molecule has 0 spiro atoms. The summed E-state index contributed by atoms with van der Waals surface area (Å²) in [4.78, 5) is 12.2. The van der Waals surface area contributed by atoms with Gasteiger partial charge in [-0.1, -0.05) is 30.3 Å². The molecule has 4 heteroatoms. The molecule has 1 aliphatic rings. The van der Waals surface area contributed by atoms with Gasteiger partial charge in [-0.05, 0) is 29.3 Å². The Kier molecular flexibility index (Phi) is 3.39. The highest BCUT2D eigenvalue weighted by Crippen LogP contribution is 2.25. The van der Waals surface area contributed by atoms with Crippen molar-refractivity contribution in [3.05, 3.63) is 59.7 Å². The summed E-state index contributed by atoms with van der Waals surface area (Å²) in [5.74, 6) is -0.0590. The van der Waals surface area contributed by atoms with Gasteiger partial charge in [0.25, 0.3) is 0 Å². The van der Waals surface area contributed by atoms with E-state index in [9.17, 15) is 4.79 Å². The van der Waals surface area contributed by atoms with Gasteiger partial charge < -0.3 is 15.7 Å². The zero-order chi connectivity index (χ0) is 13.9. The van der Waals surface area contributed by atoms with Crippen molar-refractivity contribution in [1.82, 2.24) is 0 Å². The Bertz CT molecular complexity index is 615. The maximum absolute atomic E-state index is 12.2. The molecule has 0 fully saturated rings. The summed E-state index contributed by atoms with van der Waals surface area (Å²) >= 11 is 0. The van der Waals surface area contributed by atoms with Crippen LogP contribution in [-0.2, 0) is 17.8 Å². The molecule has 0 aromatic heterocycles. The lowest BCUT2D eigenvalue weighted by Crippen LogP contribution is -2.32. The number of anilines is 2. The molecule has 2 aromatic rings. The van der Waals surface area contributed by atoms with Crippen LogP contribution in [0.2, 0.25) is 0 Å². The number of para-hydroxylation sites is 1. The van der Waals surface area contributed by atoms with Crippen molar-refractivity contribution in [2.24, 2.45) is 0 Å². The van der Waals surface area contributed by atoms with Crippen molar-refractivity contribution in [2.45, 2.75) is 19.1 Å². The van der Waals surface area contributed by atoms with Crippen LogP contribution in [0.15, 0.2) is 48.5 Å². The number of nitrogens with one attached hydrogen (secondary N) is 2. The van der Waals surface area contributed by atoms with Crippen LogP contribution in [0, 0.1) is 0 Å². The van der Waals surface area contributed by atoms with E-state index in [1.54, 1.807) is 6.07 Å². The third kappa shape index (κ3) is 2.51. The smallest absolute Gasteiger partial charge is 0.247 e. The van der Waals surface area contributed by atoms with Crippen LogP contribution in [-0.4, -0.2) is 17.1 Å². The number of aliphatic hydroxyl groups is 1. The molecule has 1 heterocycles. The number of rotatable bonds is 3. The van der Waals surface area contributed by atoms with Crippen molar-refractivity contribution in [1.29, 1.82) is 0 Å². The van der Waals surface area contributed by atoms with Crippen molar-refractivity contribution >= 4 is 17.3 Å². The fourth-order valence-electron chi connectivity index (χ4n) is 2.43. The van der Waals surface area contributed by atoms with E-state index < -0.39 is 0 Å². The lowest BCUT2D eigenvalue weighted by atomic mass is 10.1. The summed E-state index contributed by atoms with van der Waals surface area (Å²) in [6.45, 7) is -0.0309. The van der Waals surface area contributed by atoms with Gasteiger partial charge in [-0.3, -0.25) is 4.79 Å². The van der Waals surface area contributed by atoms with Crippen LogP contribution in [0.3, 0.4) is 0 Å². The summed E-state index contributed by atoms with van der Waals surface area (Å²) in [5, 5.41) is 15.2. The molecule has 0 radical (unpaired) electrons. The lowest BCUT2D eigenvalue weighted by molar-refractivity contribution is -0.116. The molecule has 20 heavy (non-hydrogen) atoms. The first kappa shape index (κ1) is 12.7. The van der Waals surface area contributed by atoms with E-state index >= 15 is 0 Å². The van der Waals surface area contributed by atoms with Crippen LogP contribution in [0.5, 0.6) is 0 Å². The van der Waals surface area contributed by atoms with E-state index in [4.69, 9.17) is 5.11 Å². The molecule has 0 aliphatic carbocycles. The maximum Gasteiger partial charge on any atom is 0.247 e. The molecule has 1 amide bonds. The molecule has 0 saturated heterocycles. The van der Waals surface area contributed by atoms with Crippen molar-refractivity contribution < 1.29 is 9.90 Å². The van der Waals surface area contributed by atoms with Gasteiger partial charge in [-0.15, -0.1) is 0 Å². The lowest BCUT2D eigenvalue weighted by Gasteiger charge is -2.12. The fourth-order valence-corrected chi connectivity index (χ4v) is 2.43. The number of amides is 1. The van der Waals surface area contributed by atoms with Crippen molar-refractivity contribution in [3.63, 3.8) is 0 Å². The highest BCUT2D eigenvalue weighted by Gasteiger charge is 2.26. The summed E-state index contributed by atoms with van der Waals surface area (Å²) in [6, 6.07) is 14.9. The SMILES string of the molecule is O=C(Nc1cccc(CO)c1)C1Cc2ccccc2N1. The quantitative estimate of drug-likeness (QED) is 0.799. The van der Waals surface area contributed by atoms with E-state index in [1.807, 2.05) is 42.5 Å². The van der Waals surface area contributed by atoms with Crippen LogP contribution in [0.4, 0.5) is 11.4 Å². The van der Waals surface area contributed by atoms with Crippen LogP contribution in [0.1, 0.15) is 11.1 Å². The van der Waals surface area contributed by atoms with Gasteiger partial charge in [0.05, 0.1) is 6.61 Å². The third-order valence-electron chi connectivity index (χ3n) is 3.46. The molecule has 102 valence electrons. The molecule has 3 rings (SSSR count). The first-order valence-corrected chi connectivity index (χ1v) is 6.61. The Morgan fingerprint density at radius 1 is 1.25 bits per heavy atom. The number of carbonyl (C=O) groups is 1. The zero-order valence-electron chi connectivity index (χ0n) is 11.0.